The maximum Gasteiger partial charge on any atom is 0.0824 e. The van der Waals surface area contributed by atoms with E-state index in [1.54, 1.807) is 4.68 Å². The number of nitrogens with zero attached hydrogens (tertiary/aromatic N) is 2. The molecule has 0 saturated carbocycles. The topological polar surface area (TPSA) is 50.1 Å². The van der Waals surface area contributed by atoms with Gasteiger partial charge in [0.25, 0.3) is 0 Å². The van der Waals surface area contributed by atoms with Crippen LogP contribution in [0.3, 0.4) is 0 Å². The Morgan fingerprint density at radius 2 is 2.29 bits per heavy atom. The maximum absolute atomic E-state index is 9.79. The van der Waals surface area contributed by atoms with Gasteiger partial charge in [-0.3, -0.25) is 4.68 Å². The van der Waals surface area contributed by atoms with Crippen molar-refractivity contribution in [1.29, 1.82) is 0 Å². The first-order chi connectivity index (χ1) is 6.44. The van der Waals surface area contributed by atoms with Crippen molar-refractivity contribution >= 4 is 5.69 Å². The Labute approximate surface area is 84.9 Å². The van der Waals surface area contributed by atoms with Crippen molar-refractivity contribution in [1.82, 2.24) is 9.78 Å². The Morgan fingerprint density at radius 3 is 2.71 bits per heavy atom. The molecule has 0 bridgehead atoms. The largest absolute Gasteiger partial charge is 0.388 e. The Hall–Kier alpha value is -1.03. The highest BCUT2D eigenvalue weighted by molar-refractivity contribution is 5.45. The number of aliphatic hydroxyl groups is 1. The van der Waals surface area contributed by atoms with Gasteiger partial charge in [-0.2, -0.15) is 5.10 Å². The van der Waals surface area contributed by atoms with Crippen molar-refractivity contribution in [3.05, 3.63) is 11.9 Å². The zero-order chi connectivity index (χ0) is 10.8. The molecule has 14 heavy (non-hydrogen) atoms. The molecule has 80 valence electrons. The molecule has 0 aromatic carbocycles. The van der Waals surface area contributed by atoms with Crippen molar-refractivity contribution in [2.24, 2.45) is 7.05 Å². The van der Waals surface area contributed by atoms with Gasteiger partial charge >= 0.3 is 0 Å². The summed E-state index contributed by atoms with van der Waals surface area (Å²) in [5.41, 5.74) is 1.29. The highest BCUT2D eigenvalue weighted by atomic mass is 16.3. The molecule has 0 fully saturated rings. The van der Waals surface area contributed by atoms with Gasteiger partial charge in [0.2, 0.25) is 0 Å². The molecule has 1 unspecified atom stereocenters. The third-order valence-electron chi connectivity index (χ3n) is 2.43. The summed E-state index contributed by atoms with van der Waals surface area (Å²) in [6.45, 7) is 6.29. The van der Waals surface area contributed by atoms with Crippen LogP contribution in [0.2, 0.25) is 0 Å². The molecule has 0 aliphatic rings. The van der Waals surface area contributed by atoms with E-state index in [-0.39, 0.29) is 0 Å². The van der Waals surface area contributed by atoms with Crippen LogP contribution < -0.4 is 5.32 Å². The first-order valence-electron chi connectivity index (χ1n) is 4.91. The van der Waals surface area contributed by atoms with Crippen LogP contribution >= 0.6 is 0 Å². The standard InChI is InChI=1S/C10H19N3O/c1-5-10(3,14)7-11-9-6-13(4)12-8(9)2/h6,11,14H,5,7H2,1-4H3. The average Bonchev–Trinajstić information content (AvgIpc) is 2.42. The van der Waals surface area contributed by atoms with E-state index in [0.717, 1.165) is 17.8 Å². The van der Waals surface area contributed by atoms with Gasteiger partial charge in [-0.25, -0.2) is 0 Å². The molecule has 0 aliphatic carbocycles. The number of aryl methyl sites for hydroxylation is 2. The number of anilines is 1. The lowest BCUT2D eigenvalue weighted by atomic mass is 10.0. The molecule has 0 radical (unpaired) electrons. The van der Waals surface area contributed by atoms with Crippen LogP contribution in [-0.2, 0) is 7.05 Å². The predicted octanol–water partition coefficient (Wildman–Crippen LogP) is 1.30. The second-order valence-electron chi connectivity index (χ2n) is 4.01. The lowest BCUT2D eigenvalue weighted by Gasteiger charge is -2.21. The minimum absolute atomic E-state index is 0.552. The molecule has 1 aromatic heterocycles. The van der Waals surface area contributed by atoms with Crippen LogP contribution in [0.5, 0.6) is 0 Å². The molecule has 0 aliphatic heterocycles. The summed E-state index contributed by atoms with van der Waals surface area (Å²) in [6, 6.07) is 0. The summed E-state index contributed by atoms with van der Waals surface area (Å²) in [4.78, 5) is 0. The SMILES string of the molecule is CCC(C)(O)CNc1cn(C)nc1C. The van der Waals surface area contributed by atoms with Crippen molar-refractivity contribution in [2.45, 2.75) is 32.8 Å². The fourth-order valence-corrected chi connectivity index (χ4v) is 1.18. The second kappa shape index (κ2) is 4.00. The van der Waals surface area contributed by atoms with E-state index in [4.69, 9.17) is 0 Å². The molecular weight excluding hydrogens is 178 g/mol. The molecular formula is C10H19N3O. The molecule has 0 spiro atoms. The van der Waals surface area contributed by atoms with Crippen molar-refractivity contribution in [3.63, 3.8) is 0 Å². The van der Waals surface area contributed by atoms with E-state index < -0.39 is 5.60 Å². The highest BCUT2D eigenvalue weighted by Crippen LogP contribution is 2.14. The van der Waals surface area contributed by atoms with E-state index in [2.05, 4.69) is 10.4 Å². The van der Waals surface area contributed by atoms with Crippen LogP contribution in [-0.4, -0.2) is 27.0 Å². The number of hydrogen-bond acceptors (Lipinski definition) is 3. The highest BCUT2D eigenvalue weighted by Gasteiger charge is 2.17. The number of aromatic nitrogens is 2. The van der Waals surface area contributed by atoms with E-state index in [1.165, 1.54) is 0 Å². The van der Waals surface area contributed by atoms with Gasteiger partial charge in [0, 0.05) is 19.8 Å². The van der Waals surface area contributed by atoms with E-state index in [0.29, 0.717) is 6.54 Å². The molecule has 2 N–H and O–H groups in total. The quantitative estimate of drug-likeness (QED) is 0.765. The summed E-state index contributed by atoms with van der Waals surface area (Å²) in [6.07, 6.45) is 2.65. The second-order valence-corrected chi connectivity index (χ2v) is 4.01. The summed E-state index contributed by atoms with van der Waals surface area (Å²) in [5, 5.41) is 17.2. The van der Waals surface area contributed by atoms with E-state index in [1.807, 2.05) is 34.0 Å². The van der Waals surface area contributed by atoms with Gasteiger partial charge in [0.05, 0.1) is 17.0 Å². The van der Waals surface area contributed by atoms with Crippen LogP contribution in [0, 0.1) is 6.92 Å². The Kier molecular flexibility index (Phi) is 3.16. The molecule has 1 heterocycles. The smallest absolute Gasteiger partial charge is 0.0824 e. The summed E-state index contributed by atoms with van der Waals surface area (Å²) in [7, 11) is 1.89. The molecule has 1 atom stereocenters. The number of hydrogen-bond donors (Lipinski definition) is 2. The maximum atomic E-state index is 9.79. The lowest BCUT2D eigenvalue weighted by molar-refractivity contribution is 0.0697. The molecule has 0 saturated heterocycles. The van der Waals surface area contributed by atoms with Gasteiger partial charge < -0.3 is 10.4 Å². The molecule has 1 aromatic rings. The van der Waals surface area contributed by atoms with Gasteiger partial charge in [-0.05, 0) is 20.3 Å². The van der Waals surface area contributed by atoms with Crippen molar-refractivity contribution in [3.8, 4) is 0 Å². The minimum Gasteiger partial charge on any atom is -0.388 e. The monoisotopic (exact) mass is 197 g/mol. The summed E-state index contributed by atoms with van der Waals surface area (Å²) in [5.74, 6) is 0. The number of nitrogens with one attached hydrogen (secondary N) is 1. The van der Waals surface area contributed by atoms with Crippen LogP contribution in [0.1, 0.15) is 26.0 Å². The van der Waals surface area contributed by atoms with E-state index >= 15 is 0 Å². The Balaban J connectivity index is 2.58. The summed E-state index contributed by atoms with van der Waals surface area (Å²) < 4.78 is 1.76. The third-order valence-corrected chi connectivity index (χ3v) is 2.43. The van der Waals surface area contributed by atoms with Crippen LogP contribution in [0.15, 0.2) is 6.20 Å². The predicted molar refractivity (Wildman–Crippen MR) is 57.3 cm³/mol. The first kappa shape index (κ1) is 11.0. The minimum atomic E-state index is -0.651. The van der Waals surface area contributed by atoms with Gasteiger partial charge in [-0.1, -0.05) is 6.92 Å². The average molecular weight is 197 g/mol. The van der Waals surface area contributed by atoms with Crippen molar-refractivity contribution < 1.29 is 5.11 Å². The third kappa shape index (κ3) is 2.73. The number of rotatable bonds is 4. The molecule has 4 heteroatoms. The van der Waals surface area contributed by atoms with Crippen LogP contribution in [0.4, 0.5) is 5.69 Å². The zero-order valence-electron chi connectivity index (χ0n) is 9.33. The van der Waals surface area contributed by atoms with Crippen molar-refractivity contribution in [2.75, 3.05) is 11.9 Å². The summed E-state index contributed by atoms with van der Waals surface area (Å²) >= 11 is 0. The Bertz CT molecular complexity index is 304. The fraction of sp³-hybridized carbons (Fsp3) is 0.700. The molecule has 4 nitrogen and oxygen atoms in total. The van der Waals surface area contributed by atoms with Gasteiger partial charge in [-0.15, -0.1) is 0 Å². The lowest BCUT2D eigenvalue weighted by Crippen LogP contribution is -2.32. The molecule has 1 rings (SSSR count). The van der Waals surface area contributed by atoms with Gasteiger partial charge in [0.1, 0.15) is 0 Å². The Morgan fingerprint density at radius 1 is 1.64 bits per heavy atom. The first-order valence-corrected chi connectivity index (χ1v) is 4.91. The fourth-order valence-electron chi connectivity index (χ4n) is 1.18. The van der Waals surface area contributed by atoms with Gasteiger partial charge in [0.15, 0.2) is 0 Å². The van der Waals surface area contributed by atoms with E-state index in [9.17, 15) is 5.11 Å². The normalized spacial score (nSPS) is 15.2. The zero-order valence-corrected chi connectivity index (χ0v) is 9.33. The van der Waals surface area contributed by atoms with Crippen LogP contribution in [0.25, 0.3) is 0 Å². The molecule has 0 amide bonds.